The third kappa shape index (κ3) is 3.83. The number of aromatic hydroxyl groups is 1. The molecule has 0 fully saturated rings. The number of phenolic OH excluding ortho intramolecular Hbond substituents is 1. The van der Waals surface area contributed by atoms with Crippen LogP contribution in [0.3, 0.4) is 0 Å². The minimum atomic E-state index is 0.229. The molecule has 0 aliphatic carbocycles. The maximum atomic E-state index is 9.53. The number of aromatic nitrogens is 1. The summed E-state index contributed by atoms with van der Waals surface area (Å²) >= 11 is 0. The molecule has 1 aromatic carbocycles. The third-order valence-electron chi connectivity index (χ3n) is 2.83. The number of rotatable bonds is 6. The summed E-state index contributed by atoms with van der Waals surface area (Å²) in [5.74, 6) is 0.810. The molecular formula is C15H20N2O2. The Bertz CT molecular complexity index is 541. The lowest BCUT2D eigenvalue weighted by molar-refractivity contribution is 0.299. The first-order valence-electron chi connectivity index (χ1n) is 6.61. The van der Waals surface area contributed by atoms with Crippen molar-refractivity contribution in [2.24, 2.45) is 0 Å². The van der Waals surface area contributed by atoms with Gasteiger partial charge in [0.1, 0.15) is 5.75 Å². The summed E-state index contributed by atoms with van der Waals surface area (Å²) in [6, 6.07) is 7.61. The molecule has 4 heteroatoms. The van der Waals surface area contributed by atoms with Crippen molar-refractivity contribution in [3.05, 3.63) is 30.5 Å². The van der Waals surface area contributed by atoms with Crippen molar-refractivity contribution in [2.45, 2.75) is 26.3 Å². The molecule has 2 rings (SSSR count). The smallest absolute Gasteiger partial charge is 0.221 e. The van der Waals surface area contributed by atoms with E-state index in [0.717, 1.165) is 23.7 Å². The van der Waals surface area contributed by atoms with E-state index in [2.05, 4.69) is 24.1 Å². The molecule has 0 aliphatic heterocycles. The quantitative estimate of drug-likeness (QED) is 0.784. The lowest BCUT2D eigenvalue weighted by Gasteiger charge is -2.10. The second-order valence-corrected chi connectivity index (χ2v) is 4.83. The number of fused-ring (bicyclic) bond motifs is 1. The monoisotopic (exact) mass is 260 g/mol. The number of nitrogens with one attached hydrogen (secondary N) is 1. The highest BCUT2D eigenvalue weighted by Crippen LogP contribution is 2.26. The zero-order chi connectivity index (χ0) is 13.7. The molecular weight excluding hydrogens is 240 g/mol. The number of pyridine rings is 1. The molecule has 102 valence electrons. The van der Waals surface area contributed by atoms with Gasteiger partial charge >= 0.3 is 0 Å². The average Bonchev–Trinajstić information content (AvgIpc) is 2.38. The summed E-state index contributed by atoms with van der Waals surface area (Å²) in [6.45, 7) is 5.78. The molecule has 2 aromatic rings. The van der Waals surface area contributed by atoms with Gasteiger partial charge < -0.3 is 15.2 Å². The molecule has 19 heavy (non-hydrogen) atoms. The topological polar surface area (TPSA) is 54.4 Å². The summed E-state index contributed by atoms with van der Waals surface area (Å²) in [4.78, 5) is 4.23. The van der Waals surface area contributed by atoms with E-state index in [1.807, 2.05) is 12.1 Å². The maximum absolute atomic E-state index is 9.53. The summed E-state index contributed by atoms with van der Waals surface area (Å²) in [7, 11) is 0. The van der Waals surface area contributed by atoms with Gasteiger partial charge in [-0.2, -0.15) is 0 Å². The number of phenols is 1. The first-order chi connectivity index (χ1) is 9.16. The Balaban J connectivity index is 1.98. The second-order valence-electron chi connectivity index (χ2n) is 4.83. The highest BCUT2D eigenvalue weighted by atomic mass is 16.5. The highest BCUT2D eigenvalue weighted by molar-refractivity contribution is 5.87. The first-order valence-corrected chi connectivity index (χ1v) is 6.61. The Kier molecular flexibility index (Phi) is 4.58. The number of benzene rings is 1. The molecule has 2 N–H and O–H groups in total. The van der Waals surface area contributed by atoms with Gasteiger partial charge in [0, 0.05) is 17.6 Å². The Morgan fingerprint density at radius 3 is 2.95 bits per heavy atom. The van der Waals surface area contributed by atoms with Gasteiger partial charge in [-0.05, 0) is 36.6 Å². The van der Waals surface area contributed by atoms with Gasteiger partial charge in [0.15, 0.2) is 0 Å². The fourth-order valence-corrected chi connectivity index (χ4v) is 1.88. The van der Waals surface area contributed by atoms with E-state index in [1.165, 1.54) is 0 Å². The molecule has 1 heterocycles. The van der Waals surface area contributed by atoms with E-state index in [1.54, 1.807) is 18.3 Å². The zero-order valence-electron chi connectivity index (χ0n) is 11.4. The van der Waals surface area contributed by atoms with Crippen LogP contribution in [0.5, 0.6) is 11.6 Å². The summed E-state index contributed by atoms with van der Waals surface area (Å²) in [5.41, 5.74) is 0. The Morgan fingerprint density at radius 1 is 1.32 bits per heavy atom. The van der Waals surface area contributed by atoms with Gasteiger partial charge in [-0.1, -0.05) is 19.9 Å². The fourth-order valence-electron chi connectivity index (χ4n) is 1.88. The van der Waals surface area contributed by atoms with Crippen LogP contribution in [0.2, 0.25) is 0 Å². The standard InChI is InChI=1S/C15H20N2O2/c1-11(2)16-7-3-9-19-15-14-10-13(18)5-4-12(14)6-8-17-15/h4-6,8,10-11,16,18H,3,7,9H2,1-2H3. The van der Waals surface area contributed by atoms with Crippen LogP contribution in [0.25, 0.3) is 10.8 Å². The van der Waals surface area contributed by atoms with E-state index in [9.17, 15) is 5.11 Å². The van der Waals surface area contributed by atoms with Crippen molar-refractivity contribution >= 4 is 10.8 Å². The number of hydrogen-bond donors (Lipinski definition) is 2. The molecule has 0 aliphatic rings. The summed E-state index contributed by atoms with van der Waals surface area (Å²) in [5, 5.41) is 14.7. The Labute approximate surface area is 113 Å². The predicted molar refractivity (Wildman–Crippen MR) is 76.7 cm³/mol. The van der Waals surface area contributed by atoms with Crippen molar-refractivity contribution in [2.75, 3.05) is 13.2 Å². The van der Waals surface area contributed by atoms with Gasteiger partial charge in [0.2, 0.25) is 5.88 Å². The Hall–Kier alpha value is -1.81. The van der Waals surface area contributed by atoms with Crippen molar-refractivity contribution in [3.8, 4) is 11.6 Å². The van der Waals surface area contributed by atoms with Crippen molar-refractivity contribution < 1.29 is 9.84 Å². The van der Waals surface area contributed by atoms with E-state index >= 15 is 0 Å². The Morgan fingerprint density at radius 2 is 2.16 bits per heavy atom. The van der Waals surface area contributed by atoms with Crippen LogP contribution in [0, 0.1) is 0 Å². The summed E-state index contributed by atoms with van der Waals surface area (Å²) in [6.07, 6.45) is 2.65. The molecule has 0 radical (unpaired) electrons. The minimum Gasteiger partial charge on any atom is -0.508 e. The highest BCUT2D eigenvalue weighted by Gasteiger charge is 2.04. The van der Waals surface area contributed by atoms with Gasteiger partial charge in [0.05, 0.1) is 6.61 Å². The van der Waals surface area contributed by atoms with Crippen LogP contribution in [0.1, 0.15) is 20.3 Å². The largest absolute Gasteiger partial charge is 0.508 e. The van der Waals surface area contributed by atoms with Gasteiger partial charge in [-0.15, -0.1) is 0 Å². The lowest BCUT2D eigenvalue weighted by atomic mass is 10.1. The van der Waals surface area contributed by atoms with Crippen LogP contribution in [0.4, 0.5) is 0 Å². The van der Waals surface area contributed by atoms with Gasteiger partial charge in [0.25, 0.3) is 0 Å². The van der Waals surface area contributed by atoms with Crippen LogP contribution in [-0.4, -0.2) is 29.3 Å². The normalized spacial score (nSPS) is 11.1. The maximum Gasteiger partial charge on any atom is 0.221 e. The molecule has 0 saturated heterocycles. The molecule has 4 nitrogen and oxygen atoms in total. The van der Waals surface area contributed by atoms with E-state index in [-0.39, 0.29) is 5.75 Å². The zero-order valence-corrected chi connectivity index (χ0v) is 11.4. The summed E-state index contributed by atoms with van der Waals surface area (Å²) < 4.78 is 5.69. The minimum absolute atomic E-state index is 0.229. The molecule has 0 unspecified atom stereocenters. The third-order valence-corrected chi connectivity index (χ3v) is 2.83. The van der Waals surface area contributed by atoms with Crippen molar-refractivity contribution in [3.63, 3.8) is 0 Å². The molecule has 0 atom stereocenters. The average molecular weight is 260 g/mol. The van der Waals surface area contributed by atoms with Crippen LogP contribution < -0.4 is 10.1 Å². The van der Waals surface area contributed by atoms with Gasteiger partial charge in [-0.3, -0.25) is 0 Å². The molecule has 0 spiro atoms. The number of nitrogens with zero attached hydrogens (tertiary/aromatic N) is 1. The van der Waals surface area contributed by atoms with Crippen LogP contribution in [-0.2, 0) is 0 Å². The molecule has 0 amide bonds. The molecule has 1 aromatic heterocycles. The van der Waals surface area contributed by atoms with Crippen LogP contribution in [0.15, 0.2) is 30.5 Å². The van der Waals surface area contributed by atoms with Crippen molar-refractivity contribution in [1.29, 1.82) is 0 Å². The fraction of sp³-hybridized carbons (Fsp3) is 0.400. The van der Waals surface area contributed by atoms with E-state index in [0.29, 0.717) is 18.5 Å². The first kappa shape index (κ1) is 13.6. The lowest BCUT2D eigenvalue weighted by Crippen LogP contribution is -2.24. The SMILES string of the molecule is CC(C)NCCCOc1nccc2ccc(O)cc12. The molecule has 0 saturated carbocycles. The second kappa shape index (κ2) is 6.38. The predicted octanol–water partition coefficient (Wildman–Crippen LogP) is 2.71. The molecule has 0 bridgehead atoms. The number of hydrogen-bond acceptors (Lipinski definition) is 4. The van der Waals surface area contributed by atoms with Crippen LogP contribution >= 0.6 is 0 Å². The van der Waals surface area contributed by atoms with E-state index < -0.39 is 0 Å². The number of ether oxygens (including phenoxy) is 1. The van der Waals surface area contributed by atoms with Gasteiger partial charge in [-0.25, -0.2) is 4.98 Å². The van der Waals surface area contributed by atoms with E-state index in [4.69, 9.17) is 4.74 Å². The van der Waals surface area contributed by atoms with Crippen molar-refractivity contribution in [1.82, 2.24) is 10.3 Å².